The summed E-state index contributed by atoms with van der Waals surface area (Å²) in [5.41, 5.74) is 0.442. The van der Waals surface area contributed by atoms with Crippen LogP contribution in [0.1, 0.15) is 33.9 Å². The zero-order chi connectivity index (χ0) is 17.9. The highest BCUT2D eigenvalue weighted by molar-refractivity contribution is 5.96. The third-order valence-corrected chi connectivity index (χ3v) is 3.94. The lowest BCUT2D eigenvalue weighted by atomic mass is 9.97. The first-order valence-corrected chi connectivity index (χ1v) is 7.69. The summed E-state index contributed by atoms with van der Waals surface area (Å²) in [5.74, 6) is -0.0963. The van der Waals surface area contributed by atoms with Crippen LogP contribution in [0.4, 0.5) is 13.2 Å². The van der Waals surface area contributed by atoms with Gasteiger partial charge < -0.3 is 0 Å². The number of benzene rings is 2. The molecule has 0 unspecified atom stereocenters. The van der Waals surface area contributed by atoms with Crippen molar-refractivity contribution in [2.75, 3.05) is 0 Å². The second-order valence-corrected chi connectivity index (χ2v) is 5.61. The molecule has 3 nitrogen and oxygen atoms in total. The molecule has 0 aliphatic heterocycles. The van der Waals surface area contributed by atoms with Gasteiger partial charge in [-0.2, -0.15) is 18.3 Å². The molecule has 1 atom stereocenters. The van der Waals surface area contributed by atoms with E-state index >= 15 is 0 Å². The molecule has 1 aromatic heterocycles. The molecule has 0 aliphatic rings. The summed E-state index contributed by atoms with van der Waals surface area (Å²) in [5, 5.41) is 4.15. The Morgan fingerprint density at radius 2 is 1.68 bits per heavy atom. The zero-order valence-corrected chi connectivity index (χ0v) is 13.1. The van der Waals surface area contributed by atoms with Gasteiger partial charge in [0.05, 0.1) is 11.6 Å². The van der Waals surface area contributed by atoms with E-state index < -0.39 is 17.8 Å². The summed E-state index contributed by atoms with van der Waals surface area (Å²) in [7, 11) is 0. The van der Waals surface area contributed by atoms with Crippen LogP contribution in [-0.4, -0.2) is 15.6 Å². The molecule has 25 heavy (non-hydrogen) atoms. The maximum absolute atomic E-state index is 12.8. The predicted molar refractivity (Wildman–Crippen MR) is 87.2 cm³/mol. The van der Waals surface area contributed by atoms with Gasteiger partial charge >= 0.3 is 6.18 Å². The second-order valence-electron chi connectivity index (χ2n) is 5.61. The van der Waals surface area contributed by atoms with Gasteiger partial charge in [0, 0.05) is 24.4 Å². The van der Waals surface area contributed by atoms with Crippen molar-refractivity contribution in [2.45, 2.75) is 18.6 Å². The number of carbonyl (C=O) groups excluding carboxylic acids is 1. The van der Waals surface area contributed by atoms with Gasteiger partial charge in [0.1, 0.15) is 0 Å². The topological polar surface area (TPSA) is 34.9 Å². The van der Waals surface area contributed by atoms with Crippen LogP contribution >= 0.6 is 0 Å². The minimum Gasteiger partial charge on any atom is -0.294 e. The molecule has 3 rings (SSSR count). The fourth-order valence-electron chi connectivity index (χ4n) is 2.64. The van der Waals surface area contributed by atoms with Gasteiger partial charge in [-0.1, -0.05) is 42.5 Å². The third kappa shape index (κ3) is 3.96. The van der Waals surface area contributed by atoms with Gasteiger partial charge in [0.25, 0.3) is 0 Å². The van der Waals surface area contributed by atoms with Crippen molar-refractivity contribution in [1.82, 2.24) is 9.78 Å². The lowest BCUT2D eigenvalue weighted by Gasteiger charge is -2.18. The van der Waals surface area contributed by atoms with Gasteiger partial charge in [-0.15, -0.1) is 0 Å². The lowest BCUT2D eigenvalue weighted by Crippen LogP contribution is -2.16. The molecule has 0 amide bonds. The molecule has 2 aromatic carbocycles. The number of aromatic nitrogens is 2. The third-order valence-electron chi connectivity index (χ3n) is 3.94. The maximum atomic E-state index is 12.8. The molecule has 0 spiro atoms. The Kier molecular flexibility index (Phi) is 4.70. The Hall–Kier alpha value is -2.89. The van der Waals surface area contributed by atoms with Crippen LogP contribution in [0.25, 0.3) is 0 Å². The number of carbonyl (C=O) groups is 1. The van der Waals surface area contributed by atoms with Crippen molar-refractivity contribution in [2.24, 2.45) is 0 Å². The molecule has 0 saturated heterocycles. The van der Waals surface area contributed by atoms with E-state index in [4.69, 9.17) is 0 Å². The predicted octanol–water partition coefficient (Wildman–Crippen LogP) is 4.76. The molecular weight excluding hydrogens is 329 g/mol. The van der Waals surface area contributed by atoms with Crippen LogP contribution in [0, 0.1) is 0 Å². The van der Waals surface area contributed by atoms with Gasteiger partial charge in [0.15, 0.2) is 5.78 Å². The van der Waals surface area contributed by atoms with Gasteiger partial charge in [-0.25, -0.2) is 0 Å². The first-order valence-electron chi connectivity index (χ1n) is 7.69. The largest absolute Gasteiger partial charge is 0.416 e. The Bertz CT molecular complexity index is 825. The first-order chi connectivity index (χ1) is 11.9. The first kappa shape index (κ1) is 17.0. The maximum Gasteiger partial charge on any atom is 0.416 e. The zero-order valence-electron chi connectivity index (χ0n) is 13.1. The standard InChI is InChI=1S/C19H15F3N2O/c20-19(21,22)16-9-7-14(8-10-16)17(24-12-4-11-23-24)13-18(25)15-5-2-1-3-6-15/h1-12,17H,13H2/t17-/m1/s1. The second kappa shape index (κ2) is 6.93. The summed E-state index contributed by atoms with van der Waals surface area (Å²) in [6.45, 7) is 0. The number of alkyl halides is 3. The summed E-state index contributed by atoms with van der Waals surface area (Å²) < 4.78 is 39.8. The number of hydrogen-bond acceptors (Lipinski definition) is 2. The summed E-state index contributed by atoms with van der Waals surface area (Å²) in [6.07, 6.45) is -1.01. The molecular formula is C19H15F3N2O. The van der Waals surface area contributed by atoms with Crippen LogP contribution in [0.5, 0.6) is 0 Å². The van der Waals surface area contributed by atoms with E-state index in [0.717, 1.165) is 12.1 Å². The Balaban J connectivity index is 1.90. The van der Waals surface area contributed by atoms with E-state index in [1.165, 1.54) is 12.1 Å². The molecule has 0 saturated carbocycles. The fourth-order valence-corrected chi connectivity index (χ4v) is 2.64. The van der Waals surface area contributed by atoms with E-state index in [-0.39, 0.29) is 12.2 Å². The average Bonchev–Trinajstić information content (AvgIpc) is 3.14. The van der Waals surface area contributed by atoms with Crippen molar-refractivity contribution in [1.29, 1.82) is 0 Å². The highest BCUT2D eigenvalue weighted by Gasteiger charge is 2.30. The summed E-state index contributed by atoms with van der Waals surface area (Å²) in [6, 6.07) is 14.9. The van der Waals surface area contributed by atoms with E-state index in [2.05, 4.69) is 5.10 Å². The lowest BCUT2D eigenvalue weighted by molar-refractivity contribution is -0.137. The average molecular weight is 344 g/mol. The number of Topliss-reactive ketones (excluding diaryl/α,β-unsaturated/α-hetero) is 1. The summed E-state index contributed by atoms with van der Waals surface area (Å²) >= 11 is 0. The number of hydrogen-bond donors (Lipinski definition) is 0. The molecule has 0 bridgehead atoms. The molecule has 0 aliphatic carbocycles. The van der Waals surface area contributed by atoms with Crippen LogP contribution in [0.15, 0.2) is 73.1 Å². The SMILES string of the molecule is O=C(C[C@H](c1ccc(C(F)(F)F)cc1)n1cccn1)c1ccccc1. The number of halogens is 3. The van der Waals surface area contributed by atoms with Crippen molar-refractivity contribution in [3.05, 3.63) is 89.7 Å². The molecule has 3 aromatic rings. The van der Waals surface area contributed by atoms with Gasteiger partial charge in [-0.3, -0.25) is 9.48 Å². The number of ketones is 1. The monoisotopic (exact) mass is 344 g/mol. The van der Waals surface area contributed by atoms with Crippen molar-refractivity contribution >= 4 is 5.78 Å². The van der Waals surface area contributed by atoms with E-state index in [0.29, 0.717) is 11.1 Å². The van der Waals surface area contributed by atoms with Crippen LogP contribution in [-0.2, 0) is 6.18 Å². The molecule has 1 heterocycles. The van der Waals surface area contributed by atoms with E-state index in [9.17, 15) is 18.0 Å². The number of nitrogens with zero attached hydrogens (tertiary/aromatic N) is 2. The Labute approximate surface area is 142 Å². The minimum atomic E-state index is -4.39. The van der Waals surface area contributed by atoms with E-state index in [1.54, 1.807) is 47.4 Å². The molecule has 128 valence electrons. The highest BCUT2D eigenvalue weighted by Crippen LogP contribution is 2.31. The summed E-state index contributed by atoms with van der Waals surface area (Å²) in [4.78, 5) is 12.5. The van der Waals surface area contributed by atoms with Crippen LogP contribution in [0.3, 0.4) is 0 Å². The van der Waals surface area contributed by atoms with Crippen molar-refractivity contribution < 1.29 is 18.0 Å². The highest BCUT2D eigenvalue weighted by atomic mass is 19.4. The van der Waals surface area contributed by atoms with Crippen molar-refractivity contribution in [3.8, 4) is 0 Å². The normalized spacial score (nSPS) is 12.8. The Morgan fingerprint density at radius 3 is 2.24 bits per heavy atom. The van der Waals surface area contributed by atoms with Gasteiger partial charge in [-0.05, 0) is 23.8 Å². The van der Waals surface area contributed by atoms with Crippen molar-refractivity contribution in [3.63, 3.8) is 0 Å². The van der Waals surface area contributed by atoms with Crippen LogP contribution in [0.2, 0.25) is 0 Å². The quantitative estimate of drug-likeness (QED) is 0.625. The smallest absolute Gasteiger partial charge is 0.294 e. The van der Waals surface area contributed by atoms with Crippen LogP contribution < -0.4 is 0 Å². The molecule has 0 fully saturated rings. The fraction of sp³-hybridized carbons (Fsp3) is 0.158. The molecule has 0 N–H and O–H groups in total. The number of rotatable bonds is 5. The minimum absolute atomic E-state index is 0.0963. The Morgan fingerprint density at radius 1 is 1.00 bits per heavy atom. The molecule has 0 radical (unpaired) electrons. The van der Waals surface area contributed by atoms with Gasteiger partial charge in [0.2, 0.25) is 0 Å². The molecule has 6 heteroatoms. The van der Waals surface area contributed by atoms with E-state index in [1.807, 2.05) is 6.07 Å².